The van der Waals surface area contributed by atoms with E-state index in [1.807, 2.05) is 18.2 Å². The van der Waals surface area contributed by atoms with Gasteiger partial charge in [-0.1, -0.05) is 30.3 Å². The summed E-state index contributed by atoms with van der Waals surface area (Å²) in [4.78, 5) is 22.4. The Balaban J connectivity index is 1.38. The molecule has 1 aromatic carbocycles. The Kier molecular flexibility index (Phi) is 5.50. The molecule has 0 unspecified atom stereocenters. The first-order valence-corrected chi connectivity index (χ1v) is 11.8. The van der Waals surface area contributed by atoms with E-state index in [0.29, 0.717) is 19.6 Å². The van der Waals surface area contributed by atoms with Crippen LogP contribution in [0.25, 0.3) is 0 Å². The van der Waals surface area contributed by atoms with Crippen molar-refractivity contribution in [3.05, 3.63) is 53.7 Å². The zero-order valence-corrected chi connectivity index (χ0v) is 19.5. The van der Waals surface area contributed by atoms with E-state index < -0.39 is 17.3 Å². The summed E-state index contributed by atoms with van der Waals surface area (Å²) in [6.45, 7) is 1.47. The van der Waals surface area contributed by atoms with Crippen molar-refractivity contribution in [2.24, 2.45) is 0 Å². The van der Waals surface area contributed by atoms with E-state index in [1.165, 1.54) is 16.7 Å². The zero-order valence-electron chi connectivity index (χ0n) is 19.5. The molecule has 34 heavy (non-hydrogen) atoms. The van der Waals surface area contributed by atoms with Gasteiger partial charge in [-0.25, -0.2) is 9.78 Å². The Labute approximate surface area is 197 Å². The second kappa shape index (κ2) is 8.15. The molecule has 2 amide bonds. The molecule has 3 fully saturated rings. The van der Waals surface area contributed by atoms with Crippen LogP contribution in [0, 0.1) is 0 Å². The van der Waals surface area contributed by atoms with Crippen molar-refractivity contribution in [3.8, 4) is 0 Å². The molecule has 5 rings (SSSR count). The maximum Gasteiger partial charge on any atom is 0.420 e. The third-order valence-electron chi connectivity index (χ3n) is 7.90. The molecule has 1 aromatic heterocycles. The summed E-state index contributed by atoms with van der Waals surface area (Å²) in [5.41, 5.74) is 0.0713. The van der Waals surface area contributed by atoms with Crippen LogP contribution < -0.4 is 15.1 Å². The van der Waals surface area contributed by atoms with Gasteiger partial charge in [0.15, 0.2) is 0 Å². The van der Waals surface area contributed by atoms with Gasteiger partial charge in [-0.15, -0.1) is 0 Å². The predicted molar refractivity (Wildman–Crippen MR) is 125 cm³/mol. The third-order valence-corrected chi connectivity index (χ3v) is 7.90. The van der Waals surface area contributed by atoms with Crippen LogP contribution in [0.3, 0.4) is 0 Å². The number of benzene rings is 1. The molecular weight excluding hydrogens is 443 g/mol. The van der Waals surface area contributed by atoms with Crippen molar-refractivity contribution in [2.75, 3.05) is 43.5 Å². The maximum atomic E-state index is 13.8. The summed E-state index contributed by atoms with van der Waals surface area (Å²) >= 11 is 0. The lowest BCUT2D eigenvalue weighted by Crippen LogP contribution is -2.54. The molecule has 1 aliphatic carbocycles. The summed E-state index contributed by atoms with van der Waals surface area (Å²) in [5, 5.41) is 3.11. The molecule has 9 heteroatoms. The lowest BCUT2D eigenvalue weighted by molar-refractivity contribution is -0.137. The molecule has 0 radical (unpaired) electrons. The fourth-order valence-corrected chi connectivity index (χ4v) is 5.67. The number of rotatable bonds is 4. The van der Waals surface area contributed by atoms with Crippen molar-refractivity contribution in [2.45, 2.75) is 49.4 Å². The minimum absolute atomic E-state index is 0.0480. The summed E-state index contributed by atoms with van der Waals surface area (Å²) in [5.74, 6) is -0.0480. The summed E-state index contributed by atoms with van der Waals surface area (Å²) in [6.07, 6.45) is 0.902. The molecule has 182 valence electrons. The number of amides is 2. The smallest absolute Gasteiger partial charge is 0.356 e. The maximum absolute atomic E-state index is 13.8. The largest absolute Gasteiger partial charge is 0.420 e. The summed E-state index contributed by atoms with van der Waals surface area (Å²) in [7, 11) is 4.16. The highest BCUT2D eigenvalue weighted by Gasteiger charge is 2.50. The van der Waals surface area contributed by atoms with E-state index in [4.69, 9.17) is 0 Å². The average molecular weight is 474 g/mol. The minimum Gasteiger partial charge on any atom is -0.356 e. The molecule has 2 saturated heterocycles. The highest BCUT2D eigenvalue weighted by atomic mass is 19.4. The number of nitrogens with one attached hydrogen (secondary N) is 1. The second-order valence-electron chi connectivity index (χ2n) is 9.99. The number of aromatic nitrogens is 1. The van der Waals surface area contributed by atoms with E-state index in [9.17, 15) is 18.0 Å². The van der Waals surface area contributed by atoms with Crippen LogP contribution in [0.15, 0.2) is 42.6 Å². The van der Waals surface area contributed by atoms with Crippen LogP contribution >= 0.6 is 0 Å². The minimum atomic E-state index is -4.53. The van der Waals surface area contributed by atoms with Crippen LogP contribution in [0.2, 0.25) is 0 Å². The van der Waals surface area contributed by atoms with Crippen molar-refractivity contribution in [3.63, 3.8) is 0 Å². The van der Waals surface area contributed by atoms with Crippen LogP contribution in [0.4, 0.5) is 29.5 Å². The molecule has 2 aromatic rings. The Bertz CT molecular complexity index is 1060. The first kappa shape index (κ1) is 23.0. The number of pyridine rings is 1. The van der Waals surface area contributed by atoms with Gasteiger partial charge >= 0.3 is 12.2 Å². The quantitative estimate of drug-likeness (QED) is 0.705. The van der Waals surface area contributed by atoms with Gasteiger partial charge in [0.25, 0.3) is 0 Å². The molecule has 1 spiro atoms. The SMILES string of the molecule is CN(C)[C@]1(c2ccccc2)CC[C@@]2(CC1)CN(c1cnc(N3CCC3)c(C(F)(F)F)c1)C(=O)N2. The highest BCUT2D eigenvalue weighted by molar-refractivity contribution is 5.95. The average Bonchev–Trinajstić information content (AvgIpc) is 3.09. The fraction of sp³-hybridized carbons (Fsp3) is 0.520. The van der Waals surface area contributed by atoms with Gasteiger partial charge in [0.1, 0.15) is 11.4 Å². The van der Waals surface area contributed by atoms with Crippen LogP contribution in [0.5, 0.6) is 0 Å². The van der Waals surface area contributed by atoms with E-state index in [-0.39, 0.29) is 23.1 Å². The van der Waals surface area contributed by atoms with Crippen molar-refractivity contribution < 1.29 is 18.0 Å². The second-order valence-corrected chi connectivity index (χ2v) is 9.99. The Hall–Kier alpha value is -2.81. The molecule has 1 N–H and O–H groups in total. The van der Waals surface area contributed by atoms with Crippen molar-refractivity contribution in [1.29, 1.82) is 0 Å². The van der Waals surface area contributed by atoms with E-state index in [0.717, 1.165) is 38.2 Å². The molecule has 1 saturated carbocycles. The number of halogens is 3. The van der Waals surface area contributed by atoms with Crippen LogP contribution in [-0.4, -0.2) is 55.2 Å². The van der Waals surface area contributed by atoms with Crippen LogP contribution in [0.1, 0.15) is 43.2 Å². The van der Waals surface area contributed by atoms with Gasteiger partial charge in [0.2, 0.25) is 0 Å². The topological polar surface area (TPSA) is 51.7 Å². The van der Waals surface area contributed by atoms with Gasteiger partial charge in [0, 0.05) is 18.6 Å². The molecule has 2 aliphatic heterocycles. The predicted octanol–water partition coefficient (Wildman–Crippen LogP) is 4.61. The highest BCUT2D eigenvalue weighted by Crippen LogP contribution is 2.47. The van der Waals surface area contributed by atoms with Gasteiger partial charge in [-0.2, -0.15) is 13.2 Å². The number of urea groups is 1. The van der Waals surface area contributed by atoms with Crippen LogP contribution in [-0.2, 0) is 11.7 Å². The number of hydrogen-bond donors (Lipinski definition) is 1. The number of nitrogens with zero attached hydrogens (tertiary/aromatic N) is 4. The first-order chi connectivity index (χ1) is 16.1. The molecule has 0 bridgehead atoms. The molecule has 3 heterocycles. The number of hydrogen-bond acceptors (Lipinski definition) is 4. The zero-order chi connectivity index (χ0) is 24.1. The summed E-state index contributed by atoms with van der Waals surface area (Å²) in [6, 6.07) is 11.1. The fourth-order valence-electron chi connectivity index (χ4n) is 5.67. The van der Waals surface area contributed by atoms with E-state index in [2.05, 4.69) is 41.4 Å². The van der Waals surface area contributed by atoms with E-state index >= 15 is 0 Å². The molecule has 6 nitrogen and oxygen atoms in total. The Morgan fingerprint density at radius 1 is 1.06 bits per heavy atom. The third kappa shape index (κ3) is 3.79. The standard InChI is InChI=1S/C25H30F3N5O/c1-31(2)24(18-7-4-3-5-8-18)11-9-23(10-12-24)17-33(22(34)30-23)19-15-20(25(26,27)28)21(29-16-19)32-13-6-14-32/h3-5,7-8,15-16H,6,9-14,17H2,1-2H3,(H,30,34)/t23-,24-. The lowest BCUT2D eigenvalue weighted by Gasteiger charge is -2.48. The number of alkyl halides is 3. The number of anilines is 2. The number of carbonyl (C=O) groups excluding carboxylic acids is 1. The summed E-state index contributed by atoms with van der Waals surface area (Å²) < 4.78 is 41.4. The van der Waals surface area contributed by atoms with Gasteiger partial charge in [0.05, 0.1) is 24.0 Å². The molecule has 0 atom stereocenters. The first-order valence-electron chi connectivity index (χ1n) is 11.8. The molecule has 3 aliphatic rings. The molecular formula is C25H30F3N5O. The number of carbonyl (C=O) groups is 1. The Morgan fingerprint density at radius 2 is 1.74 bits per heavy atom. The Morgan fingerprint density at radius 3 is 2.29 bits per heavy atom. The van der Waals surface area contributed by atoms with E-state index in [1.54, 1.807) is 4.90 Å². The van der Waals surface area contributed by atoms with Gasteiger partial charge < -0.3 is 10.2 Å². The normalized spacial score (nSPS) is 27.3. The van der Waals surface area contributed by atoms with Crippen molar-refractivity contribution in [1.82, 2.24) is 15.2 Å². The lowest BCUT2D eigenvalue weighted by atomic mass is 9.69. The van der Waals surface area contributed by atoms with Gasteiger partial charge in [-0.3, -0.25) is 9.80 Å². The van der Waals surface area contributed by atoms with Crippen molar-refractivity contribution >= 4 is 17.5 Å². The monoisotopic (exact) mass is 473 g/mol. The van der Waals surface area contributed by atoms with Gasteiger partial charge in [-0.05, 0) is 57.8 Å².